The van der Waals surface area contributed by atoms with E-state index in [0.717, 1.165) is 11.3 Å². The summed E-state index contributed by atoms with van der Waals surface area (Å²) >= 11 is 0. The fourth-order valence-electron chi connectivity index (χ4n) is 1.87. The molecular formula is C15H15NO3. The second-order valence-electron chi connectivity index (χ2n) is 4.28. The van der Waals surface area contributed by atoms with Crippen molar-refractivity contribution < 1.29 is 14.6 Å². The summed E-state index contributed by atoms with van der Waals surface area (Å²) in [4.78, 5) is 15.3. The highest BCUT2D eigenvalue weighted by Gasteiger charge is 2.12. The molecule has 0 atom stereocenters. The first-order valence-corrected chi connectivity index (χ1v) is 5.96. The zero-order valence-electron chi connectivity index (χ0n) is 10.9. The van der Waals surface area contributed by atoms with Gasteiger partial charge in [0.25, 0.3) is 0 Å². The summed E-state index contributed by atoms with van der Waals surface area (Å²) in [5, 5.41) is 9.17. The average molecular weight is 257 g/mol. The number of benzene rings is 1. The van der Waals surface area contributed by atoms with E-state index in [1.165, 1.54) is 0 Å². The Bertz CT molecular complexity index is 608. The Balaban J connectivity index is 2.25. The molecule has 0 bridgehead atoms. The molecule has 4 heteroatoms. The average Bonchev–Trinajstić information content (AvgIpc) is 2.38. The fourth-order valence-corrected chi connectivity index (χ4v) is 1.87. The lowest BCUT2D eigenvalue weighted by Crippen LogP contribution is -2.08. The molecule has 0 aliphatic carbocycles. The van der Waals surface area contributed by atoms with E-state index < -0.39 is 5.97 Å². The molecule has 1 aromatic carbocycles. The molecule has 0 amide bonds. The Hall–Kier alpha value is -2.36. The van der Waals surface area contributed by atoms with Crippen molar-refractivity contribution in [1.29, 1.82) is 0 Å². The summed E-state index contributed by atoms with van der Waals surface area (Å²) in [6.45, 7) is 3.95. The van der Waals surface area contributed by atoms with Gasteiger partial charge in [-0.2, -0.15) is 0 Å². The lowest BCUT2D eigenvalue weighted by molar-refractivity contribution is 0.0693. The van der Waals surface area contributed by atoms with Gasteiger partial charge >= 0.3 is 5.97 Å². The van der Waals surface area contributed by atoms with E-state index in [9.17, 15) is 9.90 Å². The number of carboxylic acid groups (broad SMARTS) is 1. The third kappa shape index (κ3) is 2.91. The van der Waals surface area contributed by atoms with Crippen LogP contribution in [0.3, 0.4) is 0 Å². The van der Waals surface area contributed by atoms with Gasteiger partial charge in [-0.05, 0) is 37.6 Å². The Morgan fingerprint density at radius 2 is 2.05 bits per heavy atom. The van der Waals surface area contributed by atoms with Gasteiger partial charge in [0.05, 0.1) is 11.3 Å². The lowest BCUT2D eigenvalue weighted by atomic mass is 10.0. The van der Waals surface area contributed by atoms with Crippen molar-refractivity contribution >= 4 is 5.97 Å². The number of hydrogen-bond acceptors (Lipinski definition) is 3. The molecule has 0 aliphatic heterocycles. The summed E-state index contributed by atoms with van der Waals surface area (Å²) in [5.74, 6) is -0.271. The molecule has 0 saturated heterocycles. The molecule has 4 nitrogen and oxygen atoms in total. The number of pyridine rings is 1. The van der Waals surface area contributed by atoms with Crippen LogP contribution in [0.25, 0.3) is 0 Å². The number of aromatic nitrogens is 1. The molecule has 2 rings (SSSR count). The first-order chi connectivity index (χ1) is 9.09. The lowest BCUT2D eigenvalue weighted by Gasteiger charge is -2.12. The standard InChI is InChI=1S/C15H15NO3/c1-10-5-3-6-12(15(17)18)13(10)9-19-14-7-4-8-16-11(14)2/h3-8H,9H2,1-2H3,(H,17,18). The zero-order chi connectivity index (χ0) is 13.8. The van der Waals surface area contributed by atoms with Crippen LogP contribution in [0.5, 0.6) is 5.75 Å². The maximum absolute atomic E-state index is 11.2. The smallest absolute Gasteiger partial charge is 0.336 e. The second-order valence-corrected chi connectivity index (χ2v) is 4.28. The number of carboxylic acids is 1. The Labute approximate surface area is 111 Å². The maximum atomic E-state index is 11.2. The van der Waals surface area contributed by atoms with Crippen LogP contribution in [0.2, 0.25) is 0 Å². The minimum absolute atomic E-state index is 0.223. The van der Waals surface area contributed by atoms with Crippen molar-refractivity contribution in [2.75, 3.05) is 0 Å². The van der Waals surface area contributed by atoms with Gasteiger partial charge in [0.2, 0.25) is 0 Å². The van der Waals surface area contributed by atoms with Crippen molar-refractivity contribution in [3.05, 3.63) is 58.9 Å². The molecule has 0 unspecified atom stereocenters. The molecular weight excluding hydrogens is 242 g/mol. The van der Waals surface area contributed by atoms with E-state index >= 15 is 0 Å². The maximum Gasteiger partial charge on any atom is 0.336 e. The predicted molar refractivity (Wildman–Crippen MR) is 71.4 cm³/mol. The van der Waals surface area contributed by atoms with E-state index in [2.05, 4.69) is 4.98 Å². The van der Waals surface area contributed by atoms with Crippen molar-refractivity contribution in [3.63, 3.8) is 0 Å². The molecule has 0 radical (unpaired) electrons. The molecule has 0 fully saturated rings. The van der Waals surface area contributed by atoms with Gasteiger partial charge in [0.15, 0.2) is 0 Å². The van der Waals surface area contributed by atoms with Crippen LogP contribution in [-0.4, -0.2) is 16.1 Å². The van der Waals surface area contributed by atoms with Crippen LogP contribution in [0, 0.1) is 13.8 Å². The number of hydrogen-bond donors (Lipinski definition) is 1. The van der Waals surface area contributed by atoms with Crippen LogP contribution in [0.15, 0.2) is 36.5 Å². The normalized spacial score (nSPS) is 10.2. The summed E-state index contributed by atoms with van der Waals surface area (Å²) in [5.41, 5.74) is 2.66. The fraction of sp³-hybridized carbons (Fsp3) is 0.200. The molecule has 1 heterocycles. The Morgan fingerprint density at radius 3 is 2.74 bits per heavy atom. The summed E-state index contributed by atoms with van der Waals surface area (Å²) in [7, 11) is 0. The SMILES string of the molecule is Cc1cccc(C(=O)O)c1COc1cccnc1C. The number of carbonyl (C=O) groups is 1. The Kier molecular flexibility index (Phi) is 3.80. The topological polar surface area (TPSA) is 59.4 Å². The van der Waals surface area contributed by atoms with Gasteiger partial charge in [-0.25, -0.2) is 4.79 Å². The summed E-state index contributed by atoms with van der Waals surface area (Å²) in [6, 6.07) is 8.81. The molecule has 0 spiro atoms. The van der Waals surface area contributed by atoms with Crippen molar-refractivity contribution in [3.8, 4) is 5.75 Å². The van der Waals surface area contributed by atoms with E-state index in [1.54, 1.807) is 24.4 Å². The molecule has 1 aromatic heterocycles. The summed E-state index contributed by atoms with van der Waals surface area (Å²) < 4.78 is 5.67. The first kappa shape index (κ1) is 13.1. The molecule has 0 aliphatic rings. The van der Waals surface area contributed by atoms with Crippen molar-refractivity contribution in [2.24, 2.45) is 0 Å². The van der Waals surface area contributed by atoms with Crippen LogP contribution in [0.1, 0.15) is 27.2 Å². The minimum Gasteiger partial charge on any atom is -0.487 e. The van der Waals surface area contributed by atoms with Crippen LogP contribution in [-0.2, 0) is 6.61 Å². The highest BCUT2D eigenvalue weighted by Crippen LogP contribution is 2.19. The highest BCUT2D eigenvalue weighted by molar-refractivity contribution is 5.89. The van der Waals surface area contributed by atoms with Gasteiger partial charge in [-0.15, -0.1) is 0 Å². The van der Waals surface area contributed by atoms with Crippen LogP contribution in [0.4, 0.5) is 0 Å². The molecule has 1 N–H and O–H groups in total. The number of nitrogens with zero attached hydrogens (tertiary/aromatic N) is 1. The Morgan fingerprint density at radius 1 is 1.26 bits per heavy atom. The molecule has 19 heavy (non-hydrogen) atoms. The predicted octanol–water partition coefficient (Wildman–Crippen LogP) is 2.98. The molecule has 0 saturated carbocycles. The monoisotopic (exact) mass is 257 g/mol. The number of ether oxygens (including phenoxy) is 1. The third-order valence-corrected chi connectivity index (χ3v) is 2.97. The van der Waals surface area contributed by atoms with Gasteiger partial charge < -0.3 is 9.84 Å². The summed E-state index contributed by atoms with van der Waals surface area (Å²) in [6.07, 6.45) is 1.69. The third-order valence-electron chi connectivity index (χ3n) is 2.97. The van der Waals surface area contributed by atoms with E-state index in [4.69, 9.17) is 4.74 Å². The second kappa shape index (κ2) is 5.52. The molecule has 2 aromatic rings. The van der Waals surface area contributed by atoms with E-state index in [0.29, 0.717) is 11.3 Å². The van der Waals surface area contributed by atoms with Crippen molar-refractivity contribution in [1.82, 2.24) is 4.98 Å². The van der Waals surface area contributed by atoms with Gasteiger partial charge in [-0.1, -0.05) is 12.1 Å². The minimum atomic E-state index is -0.940. The van der Waals surface area contributed by atoms with Crippen LogP contribution >= 0.6 is 0 Å². The number of aryl methyl sites for hydroxylation is 2. The first-order valence-electron chi connectivity index (χ1n) is 5.96. The van der Waals surface area contributed by atoms with Gasteiger partial charge in [0, 0.05) is 11.8 Å². The van der Waals surface area contributed by atoms with Crippen LogP contribution < -0.4 is 4.74 Å². The number of aromatic carboxylic acids is 1. The van der Waals surface area contributed by atoms with Crippen molar-refractivity contribution in [2.45, 2.75) is 20.5 Å². The van der Waals surface area contributed by atoms with E-state index in [1.807, 2.05) is 26.0 Å². The number of rotatable bonds is 4. The van der Waals surface area contributed by atoms with Gasteiger partial charge in [-0.3, -0.25) is 4.98 Å². The highest BCUT2D eigenvalue weighted by atomic mass is 16.5. The zero-order valence-corrected chi connectivity index (χ0v) is 10.9. The largest absolute Gasteiger partial charge is 0.487 e. The quantitative estimate of drug-likeness (QED) is 0.914. The van der Waals surface area contributed by atoms with Gasteiger partial charge in [0.1, 0.15) is 12.4 Å². The molecule has 98 valence electrons. The van der Waals surface area contributed by atoms with E-state index in [-0.39, 0.29) is 12.2 Å².